The average Bonchev–Trinajstić information content (AvgIpc) is 2.84. The Morgan fingerprint density at radius 2 is 1.96 bits per heavy atom. The summed E-state index contributed by atoms with van der Waals surface area (Å²) in [7, 11) is -3.98. The first-order chi connectivity index (χ1) is 11.4. The molecule has 0 atom stereocenters. The van der Waals surface area contributed by atoms with Crippen molar-refractivity contribution in [3.05, 3.63) is 39.7 Å². The van der Waals surface area contributed by atoms with Crippen LogP contribution in [0.5, 0.6) is 0 Å². The zero-order valence-electron chi connectivity index (χ0n) is 13.8. The van der Waals surface area contributed by atoms with Crippen LogP contribution in [0.15, 0.2) is 23.1 Å². The number of alkyl halides is 3. The van der Waals surface area contributed by atoms with Gasteiger partial charge in [0.05, 0.1) is 26.0 Å². The number of rotatable bonds is 5. The van der Waals surface area contributed by atoms with Crippen LogP contribution >= 0.6 is 24.0 Å². The van der Waals surface area contributed by atoms with Crippen LogP contribution in [0.25, 0.3) is 10.4 Å². The normalized spacial score (nSPS) is 12.8. The van der Waals surface area contributed by atoms with Crippen molar-refractivity contribution in [2.45, 2.75) is 37.8 Å². The molecule has 137 valence electrons. The number of nitrogens with zero attached hydrogens (tertiary/aromatic N) is 1. The molecule has 0 aliphatic heterocycles. The van der Waals surface area contributed by atoms with Gasteiger partial charge in [-0.25, -0.2) is 13.4 Å². The second kappa shape index (κ2) is 7.28. The standard InChI is InChI=1S/C16H17F3NO2S3/c1-9(23)4-7-14-20-10(2)15(24-14)11-5-6-13(25(3,21)22)12(8-11)16(17,18)19/h5-6,8,23H,4,7H2,1-3H3. The largest absolute Gasteiger partial charge is 0.417 e. The Labute approximate surface area is 154 Å². The fraction of sp³-hybridized carbons (Fsp3) is 0.375. The lowest BCUT2D eigenvalue weighted by molar-refractivity contribution is -0.139. The summed E-state index contributed by atoms with van der Waals surface area (Å²) in [6, 6.07) is 3.29. The van der Waals surface area contributed by atoms with Gasteiger partial charge in [-0.3, -0.25) is 0 Å². The lowest BCUT2D eigenvalue weighted by Gasteiger charge is -2.13. The second-order valence-electron chi connectivity index (χ2n) is 5.74. The van der Waals surface area contributed by atoms with Crippen molar-refractivity contribution in [1.29, 1.82) is 0 Å². The lowest BCUT2D eigenvalue weighted by atomic mass is 10.1. The molecule has 1 radical (unpaired) electrons. The molecule has 0 amide bonds. The third-order valence-corrected chi connectivity index (χ3v) is 6.13. The molecule has 25 heavy (non-hydrogen) atoms. The molecule has 0 saturated carbocycles. The predicted octanol–water partition coefficient (Wildman–Crippen LogP) is 4.96. The number of benzene rings is 1. The van der Waals surface area contributed by atoms with E-state index in [0.29, 0.717) is 22.6 Å². The van der Waals surface area contributed by atoms with Gasteiger partial charge >= 0.3 is 6.18 Å². The molecule has 1 heterocycles. The number of aryl methyl sites for hydroxylation is 2. The first-order valence-corrected chi connectivity index (χ1v) is 10.4. The SMILES string of the molecule is C[C](S)CCc1nc(C)c(-c2ccc(S(C)(=O)=O)c(C(F)(F)F)c2)s1. The topological polar surface area (TPSA) is 47.0 Å². The van der Waals surface area contributed by atoms with Crippen LogP contribution in [-0.2, 0) is 22.4 Å². The van der Waals surface area contributed by atoms with Gasteiger partial charge in [-0.2, -0.15) is 25.8 Å². The van der Waals surface area contributed by atoms with E-state index < -0.39 is 26.5 Å². The van der Waals surface area contributed by atoms with Gasteiger partial charge in [-0.15, -0.1) is 11.3 Å². The molecule has 0 unspecified atom stereocenters. The molecular weight excluding hydrogens is 391 g/mol. The van der Waals surface area contributed by atoms with E-state index in [4.69, 9.17) is 0 Å². The number of halogens is 3. The number of hydrogen-bond donors (Lipinski definition) is 1. The third kappa shape index (κ3) is 4.98. The van der Waals surface area contributed by atoms with Crippen LogP contribution in [0, 0.1) is 12.2 Å². The minimum atomic E-state index is -4.76. The summed E-state index contributed by atoms with van der Waals surface area (Å²) in [5.41, 5.74) is -0.217. The predicted molar refractivity (Wildman–Crippen MR) is 96.6 cm³/mol. The first kappa shape index (κ1) is 20.3. The fourth-order valence-electron chi connectivity index (χ4n) is 2.33. The molecule has 0 spiro atoms. The van der Waals surface area contributed by atoms with E-state index in [1.54, 1.807) is 6.92 Å². The fourth-order valence-corrected chi connectivity index (χ4v) is 4.39. The maximum atomic E-state index is 13.3. The van der Waals surface area contributed by atoms with Gasteiger partial charge in [-0.05, 0) is 38.0 Å². The maximum Gasteiger partial charge on any atom is 0.417 e. The van der Waals surface area contributed by atoms with Gasteiger partial charge < -0.3 is 0 Å². The van der Waals surface area contributed by atoms with Gasteiger partial charge in [0.15, 0.2) is 9.84 Å². The van der Waals surface area contributed by atoms with E-state index in [0.717, 1.165) is 35.1 Å². The van der Waals surface area contributed by atoms with E-state index in [2.05, 4.69) is 17.6 Å². The highest BCUT2D eigenvalue weighted by molar-refractivity contribution is 7.90. The number of sulfone groups is 1. The number of thiazole rings is 1. The van der Waals surface area contributed by atoms with Gasteiger partial charge in [0.2, 0.25) is 0 Å². The summed E-state index contributed by atoms with van der Waals surface area (Å²) in [5.74, 6) is 0. The average molecular weight is 409 g/mol. The van der Waals surface area contributed by atoms with Gasteiger partial charge in [0, 0.05) is 17.9 Å². The summed E-state index contributed by atoms with van der Waals surface area (Å²) >= 11 is 5.54. The molecule has 3 nitrogen and oxygen atoms in total. The van der Waals surface area contributed by atoms with E-state index in [1.807, 2.05) is 6.92 Å². The molecule has 0 fully saturated rings. The maximum absolute atomic E-state index is 13.3. The van der Waals surface area contributed by atoms with Crippen LogP contribution in [0.1, 0.15) is 29.6 Å². The van der Waals surface area contributed by atoms with E-state index in [1.165, 1.54) is 17.4 Å². The molecular formula is C16H17F3NO2S3. The van der Waals surface area contributed by atoms with Gasteiger partial charge in [-0.1, -0.05) is 6.07 Å². The highest BCUT2D eigenvalue weighted by Gasteiger charge is 2.36. The Hall–Kier alpha value is -1.06. The zero-order valence-corrected chi connectivity index (χ0v) is 16.3. The Morgan fingerprint density at radius 1 is 1.32 bits per heavy atom. The van der Waals surface area contributed by atoms with Gasteiger partial charge in [0.1, 0.15) is 0 Å². The van der Waals surface area contributed by atoms with Gasteiger partial charge in [0.25, 0.3) is 0 Å². The van der Waals surface area contributed by atoms with Crippen LogP contribution < -0.4 is 0 Å². The molecule has 0 aliphatic rings. The molecule has 9 heteroatoms. The molecule has 2 rings (SSSR count). The molecule has 0 aliphatic carbocycles. The van der Waals surface area contributed by atoms with Crippen LogP contribution in [-0.4, -0.2) is 19.7 Å². The Kier molecular flexibility index (Phi) is 5.90. The molecule has 1 aromatic heterocycles. The third-order valence-electron chi connectivity index (χ3n) is 3.49. The Balaban J connectivity index is 2.51. The number of hydrogen-bond acceptors (Lipinski definition) is 5. The number of thiol groups is 1. The van der Waals surface area contributed by atoms with E-state index in [-0.39, 0.29) is 0 Å². The van der Waals surface area contributed by atoms with Crippen LogP contribution in [0.4, 0.5) is 13.2 Å². The van der Waals surface area contributed by atoms with Crippen molar-refractivity contribution in [2.24, 2.45) is 0 Å². The zero-order chi connectivity index (χ0) is 19.0. The van der Waals surface area contributed by atoms with E-state index in [9.17, 15) is 21.6 Å². The van der Waals surface area contributed by atoms with Crippen molar-refractivity contribution < 1.29 is 21.6 Å². The summed E-state index contributed by atoms with van der Waals surface area (Å²) in [6.45, 7) is 3.61. The van der Waals surface area contributed by atoms with Crippen LogP contribution in [0.3, 0.4) is 0 Å². The smallest absolute Gasteiger partial charge is 0.246 e. The minimum absolute atomic E-state index is 0.313. The molecule has 1 aromatic carbocycles. The summed E-state index contributed by atoms with van der Waals surface area (Å²) in [6.07, 6.45) is -2.59. The molecule has 0 saturated heterocycles. The molecule has 2 aromatic rings. The van der Waals surface area contributed by atoms with Crippen molar-refractivity contribution in [3.8, 4) is 10.4 Å². The second-order valence-corrected chi connectivity index (χ2v) is 9.57. The first-order valence-electron chi connectivity index (χ1n) is 7.29. The van der Waals surface area contributed by atoms with Crippen molar-refractivity contribution in [3.63, 3.8) is 0 Å². The quantitative estimate of drug-likeness (QED) is 0.712. The number of aromatic nitrogens is 1. The van der Waals surface area contributed by atoms with Crippen molar-refractivity contribution >= 4 is 33.8 Å². The summed E-state index contributed by atoms with van der Waals surface area (Å²) < 4.78 is 63.2. The Bertz CT molecular complexity index is 871. The van der Waals surface area contributed by atoms with E-state index >= 15 is 0 Å². The lowest BCUT2D eigenvalue weighted by Crippen LogP contribution is -2.12. The molecule has 0 N–H and O–H groups in total. The summed E-state index contributed by atoms with van der Waals surface area (Å²) in [5, 5.41) is 1.76. The Morgan fingerprint density at radius 3 is 2.48 bits per heavy atom. The van der Waals surface area contributed by atoms with Crippen LogP contribution in [0.2, 0.25) is 0 Å². The van der Waals surface area contributed by atoms with Crippen molar-refractivity contribution in [2.75, 3.05) is 6.26 Å². The monoisotopic (exact) mass is 408 g/mol. The molecule has 0 bridgehead atoms. The highest BCUT2D eigenvalue weighted by Crippen LogP contribution is 2.39. The van der Waals surface area contributed by atoms with Crippen molar-refractivity contribution in [1.82, 2.24) is 4.98 Å². The minimum Gasteiger partial charge on any atom is -0.246 e. The highest BCUT2D eigenvalue weighted by atomic mass is 32.2. The summed E-state index contributed by atoms with van der Waals surface area (Å²) in [4.78, 5) is 4.29.